The summed E-state index contributed by atoms with van der Waals surface area (Å²) in [6.07, 6.45) is 0.954. The molecule has 2 amide bonds. The van der Waals surface area contributed by atoms with Crippen molar-refractivity contribution in [1.82, 2.24) is 4.90 Å². The number of anilines is 1. The predicted octanol–water partition coefficient (Wildman–Crippen LogP) is 4.86. The molecule has 1 heterocycles. The predicted molar refractivity (Wildman–Crippen MR) is 122 cm³/mol. The van der Waals surface area contributed by atoms with Crippen LogP contribution in [0, 0.1) is 0 Å². The molecule has 6 heteroatoms. The summed E-state index contributed by atoms with van der Waals surface area (Å²) >= 11 is 0. The third-order valence-electron chi connectivity index (χ3n) is 4.72. The molecule has 1 aliphatic rings. The average molecular weight is 423 g/mol. The first-order valence-corrected chi connectivity index (χ1v) is 10.7. The summed E-state index contributed by atoms with van der Waals surface area (Å²) in [6, 6.07) is 14.4. The van der Waals surface area contributed by atoms with Crippen LogP contribution in [-0.4, -0.2) is 35.5 Å². The number of hydrogen-bond acceptors (Lipinski definition) is 5. The van der Waals surface area contributed by atoms with Crippen LogP contribution in [-0.2, 0) is 9.59 Å². The maximum absolute atomic E-state index is 13.2. The lowest BCUT2D eigenvalue weighted by molar-refractivity contribution is -0.138. The molecule has 164 valence electrons. The minimum Gasteiger partial charge on any atom is -0.494 e. The van der Waals surface area contributed by atoms with E-state index in [4.69, 9.17) is 9.47 Å². The second-order valence-corrected chi connectivity index (χ2v) is 8.02. The molecule has 0 atom stereocenters. The van der Waals surface area contributed by atoms with Gasteiger partial charge in [-0.1, -0.05) is 25.1 Å². The van der Waals surface area contributed by atoms with Crippen LogP contribution in [0.4, 0.5) is 5.69 Å². The summed E-state index contributed by atoms with van der Waals surface area (Å²) in [7, 11) is 0. The summed E-state index contributed by atoms with van der Waals surface area (Å²) in [6.45, 7) is 10.2. The van der Waals surface area contributed by atoms with E-state index in [1.165, 1.54) is 4.90 Å². The number of nitrogens with zero attached hydrogens (tertiary/aromatic N) is 1. The fourth-order valence-electron chi connectivity index (χ4n) is 3.40. The van der Waals surface area contributed by atoms with E-state index in [2.05, 4.69) is 5.32 Å². The Balaban J connectivity index is 1.98. The standard InChI is InChI=1S/C25H30N2O4/c1-6-14-30-21-9-7-8-19(15-21)26-23-22(24(28)27(16(2)3)25(23)29)18-10-12-20(13-11-18)31-17(4)5/h7-13,15-17,26H,6,14H2,1-5H3. The van der Waals surface area contributed by atoms with Crippen molar-refractivity contribution in [2.75, 3.05) is 11.9 Å². The number of rotatable bonds is 9. The highest BCUT2D eigenvalue weighted by Gasteiger charge is 2.40. The lowest BCUT2D eigenvalue weighted by Crippen LogP contribution is -2.38. The number of benzene rings is 2. The van der Waals surface area contributed by atoms with E-state index in [1.54, 1.807) is 0 Å². The topological polar surface area (TPSA) is 67.9 Å². The molecule has 1 aliphatic heterocycles. The zero-order valence-electron chi connectivity index (χ0n) is 18.8. The zero-order valence-corrected chi connectivity index (χ0v) is 18.8. The molecule has 0 aromatic heterocycles. The number of nitrogens with one attached hydrogen (secondary N) is 1. The Bertz CT molecular complexity index is 977. The number of hydrogen-bond donors (Lipinski definition) is 1. The van der Waals surface area contributed by atoms with Crippen molar-refractivity contribution in [3.8, 4) is 11.5 Å². The van der Waals surface area contributed by atoms with E-state index in [0.717, 1.165) is 6.42 Å². The van der Waals surface area contributed by atoms with E-state index < -0.39 is 0 Å². The lowest BCUT2D eigenvalue weighted by Gasteiger charge is -2.19. The normalized spacial score (nSPS) is 14.1. The van der Waals surface area contributed by atoms with Crippen LogP contribution in [0.3, 0.4) is 0 Å². The SMILES string of the molecule is CCCOc1cccc(NC2=C(c3ccc(OC(C)C)cc3)C(=O)N(C(C)C)C2=O)c1. The number of carbonyl (C=O) groups is 2. The average Bonchev–Trinajstić information content (AvgIpc) is 2.96. The number of carbonyl (C=O) groups excluding carboxylic acids is 2. The molecular formula is C25H30N2O4. The molecule has 0 saturated heterocycles. The van der Waals surface area contributed by atoms with E-state index >= 15 is 0 Å². The molecule has 0 bridgehead atoms. The van der Waals surface area contributed by atoms with Gasteiger partial charge in [-0.05, 0) is 63.9 Å². The molecule has 0 radical (unpaired) electrons. The van der Waals surface area contributed by atoms with Gasteiger partial charge in [-0.3, -0.25) is 14.5 Å². The fourth-order valence-corrected chi connectivity index (χ4v) is 3.40. The van der Waals surface area contributed by atoms with Crippen LogP contribution < -0.4 is 14.8 Å². The molecule has 0 spiro atoms. The second kappa shape index (κ2) is 9.69. The van der Waals surface area contributed by atoms with Gasteiger partial charge in [0.15, 0.2) is 0 Å². The monoisotopic (exact) mass is 422 g/mol. The van der Waals surface area contributed by atoms with Crippen LogP contribution in [0.1, 0.15) is 46.6 Å². The first-order chi connectivity index (χ1) is 14.8. The van der Waals surface area contributed by atoms with Crippen molar-refractivity contribution in [1.29, 1.82) is 0 Å². The van der Waals surface area contributed by atoms with Gasteiger partial charge in [0, 0.05) is 17.8 Å². The Kier molecular flexibility index (Phi) is 7.00. The summed E-state index contributed by atoms with van der Waals surface area (Å²) in [5, 5.41) is 3.17. The highest BCUT2D eigenvalue weighted by Crippen LogP contribution is 2.33. The summed E-state index contributed by atoms with van der Waals surface area (Å²) < 4.78 is 11.4. The largest absolute Gasteiger partial charge is 0.494 e. The van der Waals surface area contributed by atoms with E-state index in [0.29, 0.717) is 34.9 Å². The molecule has 2 aromatic rings. The van der Waals surface area contributed by atoms with Gasteiger partial charge in [-0.2, -0.15) is 0 Å². The summed E-state index contributed by atoms with van der Waals surface area (Å²) in [5.74, 6) is 0.782. The van der Waals surface area contributed by atoms with Gasteiger partial charge < -0.3 is 14.8 Å². The minimum absolute atomic E-state index is 0.0515. The fraction of sp³-hybridized carbons (Fsp3) is 0.360. The van der Waals surface area contributed by atoms with Gasteiger partial charge in [0.2, 0.25) is 0 Å². The van der Waals surface area contributed by atoms with E-state index in [-0.39, 0.29) is 29.7 Å². The van der Waals surface area contributed by atoms with Gasteiger partial charge in [0.25, 0.3) is 11.8 Å². The third-order valence-corrected chi connectivity index (χ3v) is 4.72. The molecule has 3 rings (SSSR count). The Morgan fingerprint density at radius 3 is 2.26 bits per heavy atom. The molecule has 1 N–H and O–H groups in total. The van der Waals surface area contributed by atoms with Gasteiger partial charge in [-0.25, -0.2) is 0 Å². The van der Waals surface area contributed by atoms with Crippen LogP contribution >= 0.6 is 0 Å². The quantitative estimate of drug-likeness (QED) is 0.585. The highest BCUT2D eigenvalue weighted by atomic mass is 16.5. The van der Waals surface area contributed by atoms with Crippen LogP contribution in [0.15, 0.2) is 54.2 Å². The van der Waals surface area contributed by atoms with Crippen LogP contribution in [0.2, 0.25) is 0 Å². The Morgan fingerprint density at radius 2 is 1.65 bits per heavy atom. The van der Waals surface area contributed by atoms with Crippen molar-refractivity contribution in [3.63, 3.8) is 0 Å². The Labute approximate surface area is 183 Å². The Morgan fingerprint density at radius 1 is 0.935 bits per heavy atom. The van der Waals surface area contributed by atoms with Crippen molar-refractivity contribution in [2.24, 2.45) is 0 Å². The van der Waals surface area contributed by atoms with Gasteiger partial charge >= 0.3 is 0 Å². The summed E-state index contributed by atoms with van der Waals surface area (Å²) in [5.41, 5.74) is 1.98. The first kappa shape index (κ1) is 22.4. The van der Waals surface area contributed by atoms with Gasteiger partial charge in [0.1, 0.15) is 17.2 Å². The molecule has 0 fully saturated rings. The van der Waals surface area contributed by atoms with Crippen LogP contribution in [0.25, 0.3) is 5.57 Å². The van der Waals surface area contributed by atoms with Crippen molar-refractivity contribution in [2.45, 2.75) is 53.2 Å². The first-order valence-electron chi connectivity index (χ1n) is 10.7. The molecular weight excluding hydrogens is 392 g/mol. The molecule has 2 aromatic carbocycles. The molecule has 0 unspecified atom stereocenters. The molecule has 0 aliphatic carbocycles. The third kappa shape index (κ3) is 5.08. The number of amides is 2. The van der Waals surface area contributed by atoms with Gasteiger partial charge in [-0.15, -0.1) is 0 Å². The number of ether oxygens (including phenoxy) is 2. The van der Waals surface area contributed by atoms with Gasteiger partial charge in [0.05, 0.1) is 18.3 Å². The molecule has 6 nitrogen and oxygen atoms in total. The van der Waals surface area contributed by atoms with E-state index in [1.807, 2.05) is 83.1 Å². The molecule has 0 saturated carbocycles. The smallest absolute Gasteiger partial charge is 0.278 e. The second-order valence-electron chi connectivity index (χ2n) is 8.02. The number of imide groups is 1. The minimum atomic E-state index is -0.336. The Hall–Kier alpha value is -3.28. The lowest BCUT2D eigenvalue weighted by atomic mass is 10.0. The van der Waals surface area contributed by atoms with E-state index in [9.17, 15) is 9.59 Å². The maximum atomic E-state index is 13.2. The van der Waals surface area contributed by atoms with Crippen molar-refractivity contribution in [3.05, 3.63) is 59.8 Å². The van der Waals surface area contributed by atoms with Crippen molar-refractivity contribution >= 4 is 23.1 Å². The summed E-state index contributed by atoms with van der Waals surface area (Å²) in [4.78, 5) is 27.6. The maximum Gasteiger partial charge on any atom is 0.278 e. The highest BCUT2D eigenvalue weighted by molar-refractivity contribution is 6.36. The van der Waals surface area contributed by atoms with Crippen LogP contribution in [0.5, 0.6) is 11.5 Å². The zero-order chi connectivity index (χ0) is 22.5. The molecule has 31 heavy (non-hydrogen) atoms. The van der Waals surface area contributed by atoms with Crippen molar-refractivity contribution < 1.29 is 19.1 Å².